The zero-order valence-electron chi connectivity index (χ0n) is 13.4. The number of anilines is 2. The zero-order valence-corrected chi connectivity index (χ0v) is 14.2. The highest BCUT2D eigenvalue weighted by Gasteiger charge is 2.22. The lowest BCUT2D eigenvalue weighted by Crippen LogP contribution is -2.30. The predicted molar refractivity (Wildman–Crippen MR) is 92.8 cm³/mol. The predicted octanol–water partition coefficient (Wildman–Crippen LogP) is 3.15. The number of para-hydroxylation sites is 1. The van der Waals surface area contributed by atoms with Crippen LogP contribution in [0.5, 0.6) is 0 Å². The van der Waals surface area contributed by atoms with Gasteiger partial charge in [0, 0.05) is 5.69 Å². The highest BCUT2D eigenvalue weighted by molar-refractivity contribution is 7.92. The average molecular weight is 350 g/mol. The lowest BCUT2D eigenvalue weighted by Gasteiger charge is -2.15. The van der Waals surface area contributed by atoms with Crippen LogP contribution in [-0.2, 0) is 14.8 Å². The van der Waals surface area contributed by atoms with Gasteiger partial charge in [0.1, 0.15) is 5.82 Å². The minimum absolute atomic E-state index is 0.126. The van der Waals surface area contributed by atoms with E-state index in [1.54, 1.807) is 12.1 Å². The molecule has 0 bridgehead atoms. The van der Waals surface area contributed by atoms with Gasteiger partial charge >= 0.3 is 0 Å². The van der Waals surface area contributed by atoms with Gasteiger partial charge in [0.2, 0.25) is 15.9 Å². The molecule has 24 heavy (non-hydrogen) atoms. The van der Waals surface area contributed by atoms with Crippen LogP contribution in [0.2, 0.25) is 0 Å². The monoisotopic (exact) mass is 350 g/mol. The Morgan fingerprint density at radius 3 is 2.54 bits per heavy atom. The van der Waals surface area contributed by atoms with Gasteiger partial charge in [-0.25, -0.2) is 12.8 Å². The van der Waals surface area contributed by atoms with E-state index in [0.29, 0.717) is 5.69 Å². The fourth-order valence-corrected chi connectivity index (χ4v) is 3.53. The SMILES string of the molecule is Cc1ccccc1NC(=O)C(C)CS(=O)(=O)Nc1cccc(F)c1. The van der Waals surface area contributed by atoms with Crippen LogP contribution in [0.15, 0.2) is 48.5 Å². The smallest absolute Gasteiger partial charge is 0.233 e. The summed E-state index contributed by atoms with van der Waals surface area (Å²) in [4.78, 5) is 12.2. The van der Waals surface area contributed by atoms with Gasteiger partial charge < -0.3 is 5.32 Å². The summed E-state index contributed by atoms with van der Waals surface area (Å²) in [6.07, 6.45) is 0. The minimum Gasteiger partial charge on any atom is -0.326 e. The summed E-state index contributed by atoms with van der Waals surface area (Å²) in [6, 6.07) is 12.4. The molecule has 0 aliphatic heterocycles. The summed E-state index contributed by atoms with van der Waals surface area (Å²) in [6.45, 7) is 3.38. The molecular weight excluding hydrogens is 331 g/mol. The number of carbonyl (C=O) groups is 1. The Bertz CT molecular complexity index is 837. The number of carbonyl (C=O) groups excluding carboxylic acids is 1. The van der Waals surface area contributed by atoms with Gasteiger partial charge in [-0.15, -0.1) is 0 Å². The highest BCUT2D eigenvalue weighted by atomic mass is 32.2. The molecule has 0 aliphatic rings. The minimum atomic E-state index is -3.78. The van der Waals surface area contributed by atoms with Crippen molar-refractivity contribution >= 4 is 27.3 Å². The number of amides is 1. The van der Waals surface area contributed by atoms with E-state index in [4.69, 9.17) is 0 Å². The van der Waals surface area contributed by atoms with Gasteiger partial charge in [-0.3, -0.25) is 9.52 Å². The first-order chi connectivity index (χ1) is 11.3. The first kappa shape index (κ1) is 17.9. The van der Waals surface area contributed by atoms with Crippen molar-refractivity contribution in [3.63, 3.8) is 0 Å². The molecule has 0 fully saturated rings. The van der Waals surface area contributed by atoms with E-state index in [1.165, 1.54) is 25.1 Å². The summed E-state index contributed by atoms with van der Waals surface area (Å²) < 4.78 is 39.7. The van der Waals surface area contributed by atoms with Gasteiger partial charge in [-0.2, -0.15) is 0 Å². The second-order valence-electron chi connectivity index (χ2n) is 5.60. The normalized spacial score (nSPS) is 12.5. The Hall–Kier alpha value is -2.41. The van der Waals surface area contributed by atoms with E-state index < -0.39 is 33.4 Å². The third-order valence-corrected chi connectivity index (χ3v) is 4.90. The molecular formula is C17H19FN2O3S. The molecule has 2 rings (SSSR count). The van der Waals surface area contributed by atoms with Crippen LogP contribution < -0.4 is 10.0 Å². The van der Waals surface area contributed by atoms with Crippen molar-refractivity contribution in [1.82, 2.24) is 0 Å². The molecule has 2 N–H and O–H groups in total. The quantitative estimate of drug-likeness (QED) is 0.840. The van der Waals surface area contributed by atoms with E-state index >= 15 is 0 Å². The summed E-state index contributed by atoms with van der Waals surface area (Å²) >= 11 is 0. The van der Waals surface area contributed by atoms with E-state index in [9.17, 15) is 17.6 Å². The summed E-state index contributed by atoms with van der Waals surface area (Å²) in [5.74, 6) is -2.11. The second-order valence-corrected chi connectivity index (χ2v) is 7.37. The molecule has 0 radical (unpaired) electrons. The molecule has 0 spiro atoms. The molecule has 5 nitrogen and oxygen atoms in total. The molecule has 0 aromatic heterocycles. The summed E-state index contributed by atoms with van der Waals surface area (Å²) in [5, 5.41) is 2.71. The third kappa shape index (κ3) is 5.06. The van der Waals surface area contributed by atoms with Crippen molar-refractivity contribution in [3.8, 4) is 0 Å². The molecule has 0 heterocycles. The second kappa shape index (κ2) is 7.44. The standard InChI is InChI=1S/C17H19FN2O3S/c1-12-6-3-4-9-16(12)19-17(21)13(2)11-24(22,23)20-15-8-5-7-14(18)10-15/h3-10,13,20H,11H2,1-2H3,(H,19,21). The van der Waals surface area contributed by atoms with Crippen molar-refractivity contribution < 1.29 is 17.6 Å². The first-order valence-electron chi connectivity index (χ1n) is 7.39. The molecule has 0 aliphatic carbocycles. The van der Waals surface area contributed by atoms with E-state index in [-0.39, 0.29) is 5.69 Å². The molecule has 2 aromatic rings. The van der Waals surface area contributed by atoms with E-state index in [2.05, 4.69) is 10.0 Å². The lowest BCUT2D eigenvalue weighted by atomic mass is 10.1. The number of halogens is 1. The first-order valence-corrected chi connectivity index (χ1v) is 9.04. The number of hydrogen-bond acceptors (Lipinski definition) is 3. The molecule has 2 aromatic carbocycles. The van der Waals surface area contributed by atoms with Gasteiger partial charge in [0.15, 0.2) is 0 Å². The van der Waals surface area contributed by atoms with Crippen molar-refractivity contribution in [2.24, 2.45) is 5.92 Å². The van der Waals surface area contributed by atoms with Gasteiger partial charge in [-0.1, -0.05) is 31.2 Å². The van der Waals surface area contributed by atoms with Crippen molar-refractivity contribution in [2.45, 2.75) is 13.8 Å². The lowest BCUT2D eigenvalue weighted by molar-refractivity contribution is -0.118. The fraction of sp³-hybridized carbons (Fsp3) is 0.235. The van der Waals surface area contributed by atoms with Gasteiger partial charge in [-0.05, 0) is 36.8 Å². The van der Waals surface area contributed by atoms with Gasteiger partial charge in [0.05, 0.1) is 17.4 Å². The Balaban J connectivity index is 2.01. The maximum absolute atomic E-state index is 13.1. The highest BCUT2D eigenvalue weighted by Crippen LogP contribution is 2.16. The van der Waals surface area contributed by atoms with Crippen LogP contribution in [0.1, 0.15) is 12.5 Å². The summed E-state index contributed by atoms with van der Waals surface area (Å²) in [7, 11) is -3.78. The average Bonchev–Trinajstić information content (AvgIpc) is 2.48. The number of benzene rings is 2. The molecule has 0 saturated heterocycles. The Morgan fingerprint density at radius 1 is 1.17 bits per heavy atom. The maximum Gasteiger partial charge on any atom is 0.233 e. The van der Waals surface area contributed by atoms with Crippen molar-refractivity contribution in [2.75, 3.05) is 15.8 Å². The third-order valence-electron chi connectivity index (χ3n) is 3.42. The topological polar surface area (TPSA) is 75.3 Å². The van der Waals surface area contributed by atoms with Crippen LogP contribution >= 0.6 is 0 Å². The van der Waals surface area contributed by atoms with E-state index in [1.807, 2.05) is 19.1 Å². The molecule has 128 valence electrons. The zero-order chi connectivity index (χ0) is 17.7. The van der Waals surface area contributed by atoms with Crippen molar-refractivity contribution in [3.05, 3.63) is 59.9 Å². The number of nitrogens with one attached hydrogen (secondary N) is 2. The number of hydrogen-bond donors (Lipinski definition) is 2. The Kier molecular flexibility index (Phi) is 5.56. The molecule has 1 atom stereocenters. The van der Waals surface area contributed by atoms with Crippen LogP contribution in [-0.4, -0.2) is 20.1 Å². The summed E-state index contributed by atoms with van der Waals surface area (Å²) in [5.41, 5.74) is 1.66. The molecule has 1 amide bonds. The van der Waals surface area contributed by atoms with Crippen LogP contribution in [0.4, 0.5) is 15.8 Å². The molecule has 0 saturated carbocycles. The van der Waals surface area contributed by atoms with E-state index in [0.717, 1.165) is 11.6 Å². The number of aryl methyl sites for hydroxylation is 1. The van der Waals surface area contributed by atoms with Crippen LogP contribution in [0.25, 0.3) is 0 Å². The van der Waals surface area contributed by atoms with Crippen LogP contribution in [0, 0.1) is 18.7 Å². The maximum atomic E-state index is 13.1. The largest absolute Gasteiger partial charge is 0.326 e. The van der Waals surface area contributed by atoms with Crippen molar-refractivity contribution in [1.29, 1.82) is 0 Å². The Labute approximate surface area is 141 Å². The van der Waals surface area contributed by atoms with Gasteiger partial charge in [0.25, 0.3) is 0 Å². The number of sulfonamides is 1. The fourth-order valence-electron chi connectivity index (χ4n) is 2.15. The molecule has 7 heteroatoms. The molecule has 1 unspecified atom stereocenters. The Morgan fingerprint density at radius 2 is 1.88 bits per heavy atom. The van der Waals surface area contributed by atoms with Crippen LogP contribution in [0.3, 0.4) is 0 Å². The number of rotatable bonds is 6.